The summed E-state index contributed by atoms with van der Waals surface area (Å²) >= 11 is 1.66. The smallest absolute Gasteiger partial charge is 0.247 e. The van der Waals surface area contributed by atoms with Gasteiger partial charge in [0.2, 0.25) is 17.7 Å². The van der Waals surface area contributed by atoms with Gasteiger partial charge in [-0.3, -0.25) is 14.4 Å². The predicted octanol–water partition coefficient (Wildman–Crippen LogP) is 2.70. The topological polar surface area (TPSA) is 81.2 Å². The van der Waals surface area contributed by atoms with E-state index in [1.54, 1.807) is 45.7 Å². The molecule has 1 N–H and O–H groups in total. The van der Waals surface area contributed by atoms with Crippen LogP contribution in [0, 0.1) is 11.8 Å². The van der Waals surface area contributed by atoms with Crippen molar-refractivity contribution in [3.63, 3.8) is 0 Å². The molecule has 0 radical (unpaired) electrons. The quantitative estimate of drug-likeness (QED) is 0.502. The first-order valence-corrected chi connectivity index (χ1v) is 13.1. The van der Waals surface area contributed by atoms with Crippen LogP contribution in [-0.2, 0) is 14.4 Å². The lowest BCUT2D eigenvalue weighted by atomic mass is 9.66. The van der Waals surface area contributed by atoms with Gasteiger partial charge in [-0.15, -0.1) is 24.9 Å². The molecule has 34 heavy (non-hydrogen) atoms. The van der Waals surface area contributed by atoms with Crippen LogP contribution in [-0.4, -0.2) is 91.4 Å². The molecule has 0 aromatic carbocycles. The highest BCUT2D eigenvalue weighted by Gasteiger charge is 2.78. The third-order valence-corrected chi connectivity index (χ3v) is 9.94. The molecule has 3 amide bonds. The van der Waals surface area contributed by atoms with Gasteiger partial charge in [-0.1, -0.05) is 19.1 Å². The Labute approximate surface area is 208 Å². The number of nitrogens with zero attached hydrogens (tertiary/aromatic N) is 3. The second kappa shape index (κ2) is 9.34. The fourth-order valence-electron chi connectivity index (χ4n) is 6.32. The van der Waals surface area contributed by atoms with Gasteiger partial charge in [-0.25, -0.2) is 0 Å². The molecule has 6 atom stereocenters. The molecule has 0 saturated carbocycles. The fourth-order valence-corrected chi connectivity index (χ4v) is 8.65. The minimum Gasteiger partial charge on any atom is -0.394 e. The summed E-state index contributed by atoms with van der Waals surface area (Å²) in [5, 5.41) is 10.2. The van der Waals surface area contributed by atoms with Gasteiger partial charge in [-0.05, 0) is 47.0 Å². The minimum absolute atomic E-state index is 0.0707. The van der Waals surface area contributed by atoms with Crippen LogP contribution < -0.4 is 0 Å². The Morgan fingerprint density at radius 3 is 2.35 bits per heavy atom. The minimum atomic E-state index is -0.726. The molecule has 3 rings (SSSR count). The molecule has 7 nitrogen and oxygen atoms in total. The zero-order valence-electron chi connectivity index (χ0n) is 21.5. The molecule has 0 aromatic rings. The molecular weight excluding hydrogens is 450 g/mol. The monoisotopic (exact) mass is 491 g/mol. The zero-order valence-corrected chi connectivity index (χ0v) is 22.4. The Morgan fingerprint density at radius 1 is 1.24 bits per heavy atom. The van der Waals surface area contributed by atoms with Crippen LogP contribution in [0.1, 0.15) is 53.9 Å². The van der Waals surface area contributed by atoms with Crippen molar-refractivity contribution >= 4 is 29.5 Å². The molecule has 3 fully saturated rings. The lowest BCUT2D eigenvalue weighted by Gasteiger charge is -2.43. The highest BCUT2D eigenvalue weighted by molar-refractivity contribution is 8.02. The van der Waals surface area contributed by atoms with E-state index in [0.29, 0.717) is 25.9 Å². The van der Waals surface area contributed by atoms with Gasteiger partial charge in [0.05, 0.1) is 29.2 Å². The van der Waals surface area contributed by atoms with E-state index in [1.807, 2.05) is 27.7 Å². The van der Waals surface area contributed by atoms with E-state index in [1.165, 1.54) is 0 Å². The van der Waals surface area contributed by atoms with Gasteiger partial charge in [0.25, 0.3) is 0 Å². The summed E-state index contributed by atoms with van der Waals surface area (Å²) < 4.78 is -1.10. The number of likely N-dealkylation sites (tertiary alicyclic amines) is 1. The molecular formula is C26H41N3O4S. The number of aliphatic hydroxyl groups excluding tert-OH is 1. The Morgan fingerprint density at radius 2 is 1.85 bits per heavy atom. The summed E-state index contributed by atoms with van der Waals surface area (Å²) in [5.74, 6) is -1.47. The number of carbonyl (C=O) groups excluding carboxylic acids is 3. The van der Waals surface area contributed by atoms with Crippen LogP contribution in [0.25, 0.3) is 0 Å². The largest absolute Gasteiger partial charge is 0.394 e. The average molecular weight is 492 g/mol. The summed E-state index contributed by atoms with van der Waals surface area (Å²) in [7, 11) is 1.74. The highest BCUT2D eigenvalue weighted by Crippen LogP contribution is 2.72. The lowest BCUT2D eigenvalue weighted by Crippen LogP contribution is -2.60. The number of amides is 3. The summed E-state index contributed by atoms with van der Waals surface area (Å²) in [6, 6.07) is -1.20. The number of thioether (sulfide) groups is 1. The SMILES string of the molecule is C=CCN(C)C(=O)[C@@H]1[C@H]2C(=O)N([C@@H](CC)CO)C(C(=O)N(CC=C)C(C)(C)C)C23CC[C@@]1(C)S3. The van der Waals surface area contributed by atoms with E-state index in [-0.39, 0.29) is 24.3 Å². The first-order valence-electron chi connectivity index (χ1n) is 12.3. The Hall–Kier alpha value is -1.80. The number of fused-ring (bicyclic) bond motifs is 1. The van der Waals surface area contributed by atoms with Crippen LogP contribution in [0.2, 0.25) is 0 Å². The third kappa shape index (κ3) is 3.91. The van der Waals surface area contributed by atoms with Crippen molar-refractivity contribution in [3.05, 3.63) is 25.3 Å². The summed E-state index contributed by atoms with van der Waals surface area (Å²) in [6.07, 6.45) is 5.38. The molecule has 8 heteroatoms. The lowest BCUT2D eigenvalue weighted by molar-refractivity contribution is -0.149. The van der Waals surface area contributed by atoms with Crippen LogP contribution in [0.15, 0.2) is 25.3 Å². The Bertz CT molecular complexity index is 867. The third-order valence-electron chi connectivity index (χ3n) is 7.96. The van der Waals surface area contributed by atoms with Crippen molar-refractivity contribution in [2.24, 2.45) is 11.8 Å². The van der Waals surface area contributed by atoms with E-state index in [4.69, 9.17) is 0 Å². The number of carbonyl (C=O) groups is 3. The molecule has 3 saturated heterocycles. The molecule has 3 aliphatic rings. The van der Waals surface area contributed by atoms with E-state index in [0.717, 1.165) is 6.42 Å². The predicted molar refractivity (Wildman–Crippen MR) is 136 cm³/mol. The first kappa shape index (κ1) is 26.8. The zero-order chi connectivity index (χ0) is 25.6. The second-order valence-electron chi connectivity index (χ2n) is 11.1. The average Bonchev–Trinajstić information content (AvgIpc) is 3.33. The molecule has 2 bridgehead atoms. The van der Waals surface area contributed by atoms with Crippen LogP contribution in [0.4, 0.5) is 0 Å². The van der Waals surface area contributed by atoms with Gasteiger partial charge in [0.1, 0.15) is 6.04 Å². The number of aliphatic hydroxyl groups is 1. The van der Waals surface area contributed by atoms with Crippen molar-refractivity contribution in [1.82, 2.24) is 14.7 Å². The summed E-state index contributed by atoms with van der Waals surface area (Å²) in [6.45, 7) is 18.1. The van der Waals surface area contributed by atoms with Crippen molar-refractivity contribution < 1.29 is 19.5 Å². The molecule has 0 aromatic heterocycles. The summed E-state index contributed by atoms with van der Waals surface area (Å²) in [5.41, 5.74) is -0.472. The van der Waals surface area contributed by atoms with Crippen LogP contribution >= 0.6 is 11.8 Å². The number of hydrogen-bond donors (Lipinski definition) is 1. The fraction of sp³-hybridized carbons (Fsp3) is 0.731. The molecule has 0 aliphatic carbocycles. The number of rotatable bonds is 9. The molecule has 3 aliphatic heterocycles. The van der Waals surface area contributed by atoms with E-state index >= 15 is 0 Å². The van der Waals surface area contributed by atoms with Crippen LogP contribution in [0.5, 0.6) is 0 Å². The maximum absolute atomic E-state index is 14.3. The van der Waals surface area contributed by atoms with Gasteiger partial charge >= 0.3 is 0 Å². The second-order valence-corrected chi connectivity index (χ2v) is 13.0. The Kier molecular flexibility index (Phi) is 7.36. The van der Waals surface area contributed by atoms with Crippen molar-refractivity contribution in [1.29, 1.82) is 0 Å². The molecule has 3 heterocycles. The van der Waals surface area contributed by atoms with E-state index in [9.17, 15) is 19.5 Å². The van der Waals surface area contributed by atoms with Crippen molar-refractivity contribution in [3.8, 4) is 0 Å². The van der Waals surface area contributed by atoms with Crippen molar-refractivity contribution in [2.45, 2.75) is 81.0 Å². The Balaban J connectivity index is 2.16. The number of hydrogen-bond acceptors (Lipinski definition) is 5. The van der Waals surface area contributed by atoms with Crippen LogP contribution in [0.3, 0.4) is 0 Å². The van der Waals surface area contributed by atoms with E-state index in [2.05, 4.69) is 20.1 Å². The maximum atomic E-state index is 14.3. The normalized spacial score (nSPS) is 33.0. The summed E-state index contributed by atoms with van der Waals surface area (Å²) in [4.78, 5) is 47.1. The molecule has 1 spiro atoms. The highest BCUT2D eigenvalue weighted by atomic mass is 32.2. The first-order chi connectivity index (χ1) is 15.8. The molecule has 190 valence electrons. The van der Waals surface area contributed by atoms with Gasteiger partial charge in [0.15, 0.2) is 0 Å². The van der Waals surface area contributed by atoms with Gasteiger partial charge < -0.3 is 19.8 Å². The van der Waals surface area contributed by atoms with E-state index < -0.39 is 39.0 Å². The van der Waals surface area contributed by atoms with Gasteiger partial charge in [-0.2, -0.15) is 0 Å². The molecule has 2 unspecified atom stereocenters. The maximum Gasteiger partial charge on any atom is 0.247 e. The number of likely N-dealkylation sites (N-methyl/N-ethyl adjacent to an activating group) is 1. The standard InChI is InChI=1S/C26H41N3O4S/c1-9-14-27(8)21(31)18-19-22(32)29(17(11-3)16-30)20(26(19)13-12-25(18,7)34-26)23(33)28(15-10-2)24(4,5)6/h9-10,17-20,30H,1-2,11-16H2,3-8H3/t17-,18-,19-,20?,25+,26?/m0/s1. The van der Waals surface area contributed by atoms with Gasteiger partial charge in [0, 0.05) is 30.4 Å². The van der Waals surface area contributed by atoms with Crippen molar-refractivity contribution in [2.75, 3.05) is 26.7 Å².